The van der Waals surface area contributed by atoms with E-state index in [0.717, 1.165) is 29.7 Å². The first-order valence-electron chi connectivity index (χ1n) is 9.36. The van der Waals surface area contributed by atoms with Gasteiger partial charge in [0.1, 0.15) is 11.2 Å². The topological polar surface area (TPSA) is 47.5 Å². The average Bonchev–Trinajstić information content (AvgIpc) is 2.90. The summed E-state index contributed by atoms with van der Waals surface area (Å²) in [7, 11) is 0. The summed E-state index contributed by atoms with van der Waals surface area (Å²) in [6.45, 7) is 8.05. The zero-order valence-corrected chi connectivity index (χ0v) is 16.3. The predicted octanol–water partition coefficient (Wildman–Crippen LogP) is 5.12. The summed E-state index contributed by atoms with van der Waals surface area (Å²) >= 11 is 0. The van der Waals surface area contributed by atoms with Crippen molar-refractivity contribution in [2.75, 3.05) is 5.23 Å². The molecule has 0 radical (unpaired) electrons. The molecule has 0 spiro atoms. The van der Waals surface area contributed by atoms with Crippen LogP contribution in [0.3, 0.4) is 0 Å². The van der Waals surface area contributed by atoms with E-state index >= 15 is 0 Å². The standard InChI is InChI=1S/C22H25N3O2/c1-21(2)22(3,4)27-25(26-21)19-15-18(16-11-7-5-8-12-16)23-20(24-19)17-13-9-6-10-14-17/h5,7-9,11-15H,6,10H2,1-4H3. The van der Waals surface area contributed by atoms with Crippen molar-refractivity contribution in [1.29, 1.82) is 0 Å². The molecule has 2 heterocycles. The Labute approximate surface area is 160 Å². The van der Waals surface area contributed by atoms with Crippen molar-refractivity contribution in [2.24, 2.45) is 0 Å². The molecular formula is C22H25N3O2. The number of nitrogens with zero attached hydrogens (tertiary/aromatic N) is 3. The first kappa shape index (κ1) is 17.9. The molecule has 1 saturated heterocycles. The molecule has 1 aliphatic heterocycles. The lowest BCUT2D eigenvalue weighted by molar-refractivity contribution is -0.0292. The van der Waals surface area contributed by atoms with Crippen LogP contribution in [-0.2, 0) is 9.68 Å². The normalized spacial score (nSPS) is 20.6. The summed E-state index contributed by atoms with van der Waals surface area (Å²) < 4.78 is 0. The molecule has 0 bridgehead atoms. The molecule has 0 saturated carbocycles. The van der Waals surface area contributed by atoms with E-state index in [0.29, 0.717) is 11.6 Å². The lowest BCUT2D eigenvalue weighted by Gasteiger charge is -2.26. The van der Waals surface area contributed by atoms with Gasteiger partial charge in [0.25, 0.3) is 0 Å². The highest BCUT2D eigenvalue weighted by atomic mass is 17.0. The van der Waals surface area contributed by atoms with Crippen LogP contribution in [0.5, 0.6) is 0 Å². The van der Waals surface area contributed by atoms with Crippen molar-refractivity contribution in [3.05, 3.63) is 60.5 Å². The Bertz CT molecular complexity index is 885. The van der Waals surface area contributed by atoms with Gasteiger partial charge in [0.05, 0.1) is 5.69 Å². The fourth-order valence-electron chi connectivity index (χ4n) is 2.94. The summed E-state index contributed by atoms with van der Waals surface area (Å²) in [6.07, 6.45) is 8.46. The summed E-state index contributed by atoms with van der Waals surface area (Å²) in [5.74, 6) is 1.27. The van der Waals surface area contributed by atoms with E-state index in [2.05, 4.69) is 18.2 Å². The van der Waals surface area contributed by atoms with Gasteiger partial charge in [-0.2, -0.15) is 0 Å². The van der Waals surface area contributed by atoms with E-state index in [-0.39, 0.29) is 0 Å². The Morgan fingerprint density at radius 1 is 0.926 bits per heavy atom. The summed E-state index contributed by atoms with van der Waals surface area (Å²) in [5, 5.41) is 1.44. The van der Waals surface area contributed by atoms with Gasteiger partial charge >= 0.3 is 0 Å². The van der Waals surface area contributed by atoms with Gasteiger partial charge in [-0.25, -0.2) is 19.6 Å². The fraction of sp³-hybridized carbons (Fsp3) is 0.364. The van der Waals surface area contributed by atoms with Crippen molar-refractivity contribution >= 4 is 11.4 Å². The van der Waals surface area contributed by atoms with Crippen LogP contribution in [0.15, 0.2) is 54.6 Å². The van der Waals surface area contributed by atoms with Gasteiger partial charge in [-0.1, -0.05) is 48.6 Å². The Kier molecular flexibility index (Phi) is 4.36. The molecule has 1 fully saturated rings. The molecule has 0 unspecified atom stereocenters. The molecule has 0 amide bonds. The predicted molar refractivity (Wildman–Crippen MR) is 107 cm³/mol. The van der Waals surface area contributed by atoms with Gasteiger partial charge in [-0.05, 0) is 40.5 Å². The SMILES string of the molecule is CC1(C)ON(c2cc(-c3ccccc3)nc(C3=CCCC=C3)n2)OC1(C)C. The number of benzene rings is 1. The minimum Gasteiger partial charge on any atom is -0.238 e. The van der Waals surface area contributed by atoms with Crippen LogP contribution in [0.4, 0.5) is 5.82 Å². The average molecular weight is 363 g/mol. The summed E-state index contributed by atoms with van der Waals surface area (Å²) in [6, 6.07) is 12.0. The largest absolute Gasteiger partial charge is 0.238 e. The second kappa shape index (κ2) is 6.59. The van der Waals surface area contributed by atoms with Gasteiger partial charge in [0, 0.05) is 17.2 Å². The van der Waals surface area contributed by atoms with Crippen LogP contribution in [0, 0.1) is 0 Å². The van der Waals surface area contributed by atoms with Crippen LogP contribution < -0.4 is 5.23 Å². The first-order chi connectivity index (χ1) is 12.9. The fourth-order valence-corrected chi connectivity index (χ4v) is 2.94. The van der Waals surface area contributed by atoms with Gasteiger partial charge in [-0.15, -0.1) is 5.23 Å². The van der Waals surface area contributed by atoms with Crippen molar-refractivity contribution in [3.63, 3.8) is 0 Å². The monoisotopic (exact) mass is 363 g/mol. The molecule has 1 aromatic heterocycles. The van der Waals surface area contributed by atoms with Crippen LogP contribution in [0.1, 0.15) is 46.4 Å². The first-order valence-corrected chi connectivity index (χ1v) is 9.36. The zero-order valence-electron chi connectivity index (χ0n) is 16.3. The molecule has 1 aromatic carbocycles. The highest BCUT2D eigenvalue weighted by Gasteiger charge is 2.50. The molecule has 27 heavy (non-hydrogen) atoms. The van der Waals surface area contributed by atoms with E-state index < -0.39 is 11.2 Å². The number of allylic oxidation sites excluding steroid dienone is 4. The van der Waals surface area contributed by atoms with Crippen molar-refractivity contribution in [3.8, 4) is 11.3 Å². The van der Waals surface area contributed by atoms with E-state index in [1.165, 1.54) is 5.23 Å². The van der Waals surface area contributed by atoms with E-state index in [9.17, 15) is 0 Å². The van der Waals surface area contributed by atoms with Crippen LogP contribution >= 0.6 is 0 Å². The van der Waals surface area contributed by atoms with Gasteiger partial charge in [0.15, 0.2) is 11.6 Å². The van der Waals surface area contributed by atoms with Crippen LogP contribution in [-0.4, -0.2) is 21.2 Å². The van der Waals surface area contributed by atoms with E-state index in [1.54, 1.807) is 0 Å². The second-order valence-corrected chi connectivity index (χ2v) is 7.90. The molecule has 5 nitrogen and oxygen atoms in total. The second-order valence-electron chi connectivity index (χ2n) is 7.90. The maximum Gasteiger partial charge on any atom is 0.187 e. The molecule has 4 rings (SSSR count). The van der Waals surface area contributed by atoms with Crippen LogP contribution in [0.25, 0.3) is 16.8 Å². The number of anilines is 1. The highest BCUT2D eigenvalue weighted by Crippen LogP contribution is 2.40. The quantitative estimate of drug-likeness (QED) is 0.758. The zero-order chi connectivity index (χ0) is 19.1. The van der Waals surface area contributed by atoms with E-state index in [1.807, 2.05) is 64.1 Å². The third-order valence-electron chi connectivity index (χ3n) is 5.29. The number of rotatable bonds is 3. The Morgan fingerprint density at radius 2 is 1.63 bits per heavy atom. The summed E-state index contributed by atoms with van der Waals surface area (Å²) in [5.41, 5.74) is 1.94. The Balaban J connectivity index is 1.80. The van der Waals surface area contributed by atoms with Crippen molar-refractivity contribution in [2.45, 2.75) is 51.7 Å². The van der Waals surface area contributed by atoms with E-state index in [4.69, 9.17) is 19.6 Å². The lowest BCUT2D eigenvalue weighted by atomic mass is 9.90. The molecule has 5 heteroatoms. The minimum absolute atomic E-state index is 0.477. The molecule has 0 atom stereocenters. The lowest BCUT2D eigenvalue weighted by Crippen LogP contribution is -2.41. The highest BCUT2D eigenvalue weighted by molar-refractivity contribution is 5.73. The smallest absolute Gasteiger partial charge is 0.187 e. The maximum absolute atomic E-state index is 6.07. The van der Waals surface area contributed by atoms with Crippen molar-refractivity contribution < 1.29 is 9.68 Å². The third-order valence-corrected chi connectivity index (χ3v) is 5.29. The van der Waals surface area contributed by atoms with Gasteiger partial charge < -0.3 is 0 Å². The number of aromatic nitrogens is 2. The maximum atomic E-state index is 6.07. The third kappa shape index (κ3) is 3.40. The van der Waals surface area contributed by atoms with Crippen molar-refractivity contribution in [1.82, 2.24) is 9.97 Å². The minimum atomic E-state index is -0.477. The molecule has 2 aliphatic rings. The van der Waals surface area contributed by atoms with Gasteiger partial charge in [0.2, 0.25) is 0 Å². The molecule has 140 valence electrons. The Morgan fingerprint density at radius 3 is 2.26 bits per heavy atom. The molecule has 2 aromatic rings. The summed E-state index contributed by atoms with van der Waals surface area (Å²) in [4.78, 5) is 21.7. The molecule has 0 N–H and O–H groups in total. The number of hydrogen-bond donors (Lipinski definition) is 0. The Hall–Kier alpha value is -2.50. The van der Waals surface area contributed by atoms with Gasteiger partial charge in [-0.3, -0.25) is 0 Å². The molecular weight excluding hydrogens is 338 g/mol. The number of hydrogen-bond acceptors (Lipinski definition) is 5. The molecule has 1 aliphatic carbocycles. The van der Waals surface area contributed by atoms with Crippen LogP contribution in [0.2, 0.25) is 0 Å².